The summed E-state index contributed by atoms with van der Waals surface area (Å²) in [6.07, 6.45) is 0. The SMILES string of the molecule is CC(NC1=C(NC(=O)c2cccs2)C(=O)c2ccccc2C1=O)c1ccccc1. The highest BCUT2D eigenvalue weighted by atomic mass is 32.1. The Morgan fingerprint density at radius 3 is 2.07 bits per heavy atom. The van der Waals surface area contributed by atoms with Crippen molar-refractivity contribution in [2.45, 2.75) is 13.0 Å². The molecule has 2 aromatic carbocycles. The van der Waals surface area contributed by atoms with Crippen molar-refractivity contribution in [1.29, 1.82) is 0 Å². The Morgan fingerprint density at radius 1 is 0.828 bits per heavy atom. The molecular weight excluding hydrogens is 384 g/mol. The van der Waals surface area contributed by atoms with Crippen LogP contribution >= 0.6 is 11.3 Å². The van der Waals surface area contributed by atoms with Crippen LogP contribution in [0.1, 0.15) is 48.9 Å². The number of thiophene rings is 1. The lowest BCUT2D eigenvalue weighted by molar-refractivity contribution is 0.0918. The summed E-state index contributed by atoms with van der Waals surface area (Å²) in [5, 5.41) is 7.60. The lowest BCUT2D eigenvalue weighted by Crippen LogP contribution is -2.38. The van der Waals surface area contributed by atoms with Crippen molar-refractivity contribution in [3.05, 3.63) is 105 Å². The number of benzene rings is 2. The van der Waals surface area contributed by atoms with Gasteiger partial charge in [0.1, 0.15) is 11.4 Å². The zero-order valence-corrected chi connectivity index (χ0v) is 16.5. The van der Waals surface area contributed by atoms with E-state index in [9.17, 15) is 14.4 Å². The molecule has 2 N–H and O–H groups in total. The molecule has 1 unspecified atom stereocenters. The van der Waals surface area contributed by atoms with Crippen molar-refractivity contribution in [2.24, 2.45) is 0 Å². The summed E-state index contributed by atoms with van der Waals surface area (Å²) in [5.41, 5.74) is 1.67. The van der Waals surface area contributed by atoms with Crippen molar-refractivity contribution in [3.63, 3.8) is 0 Å². The maximum absolute atomic E-state index is 13.2. The van der Waals surface area contributed by atoms with Crippen LogP contribution in [-0.2, 0) is 0 Å². The summed E-state index contributed by atoms with van der Waals surface area (Å²) in [5.74, 6) is -1.11. The average Bonchev–Trinajstić information content (AvgIpc) is 3.30. The molecule has 0 saturated heterocycles. The van der Waals surface area contributed by atoms with E-state index in [1.54, 1.807) is 41.8 Å². The number of amides is 1. The van der Waals surface area contributed by atoms with E-state index in [-0.39, 0.29) is 34.6 Å². The maximum Gasteiger partial charge on any atom is 0.265 e. The Hall–Kier alpha value is -3.51. The first-order valence-corrected chi connectivity index (χ1v) is 10.0. The van der Waals surface area contributed by atoms with Crippen molar-refractivity contribution >= 4 is 28.8 Å². The van der Waals surface area contributed by atoms with Gasteiger partial charge in [0.05, 0.1) is 4.88 Å². The van der Waals surface area contributed by atoms with E-state index in [2.05, 4.69) is 10.6 Å². The predicted octanol–water partition coefficient (Wildman–Crippen LogP) is 4.12. The number of carbonyl (C=O) groups is 3. The number of carbonyl (C=O) groups excluding carboxylic acids is 3. The molecule has 1 aliphatic rings. The van der Waals surface area contributed by atoms with Gasteiger partial charge in [0.15, 0.2) is 0 Å². The van der Waals surface area contributed by atoms with E-state index in [4.69, 9.17) is 0 Å². The Morgan fingerprint density at radius 2 is 1.45 bits per heavy atom. The predicted molar refractivity (Wildman–Crippen MR) is 112 cm³/mol. The molecule has 0 saturated carbocycles. The van der Waals surface area contributed by atoms with Gasteiger partial charge in [-0.05, 0) is 23.9 Å². The zero-order valence-electron chi connectivity index (χ0n) is 15.6. The van der Waals surface area contributed by atoms with Crippen LogP contribution in [0.2, 0.25) is 0 Å². The van der Waals surface area contributed by atoms with E-state index in [1.165, 1.54) is 11.3 Å². The Bertz CT molecular complexity index is 1120. The second-order valence-corrected chi connectivity index (χ2v) is 7.61. The van der Waals surface area contributed by atoms with Crippen LogP contribution in [0.25, 0.3) is 0 Å². The number of hydrogen-bond acceptors (Lipinski definition) is 5. The molecule has 1 heterocycles. The lowest BCUT2D eigenvalue weighted by atomic mass is 9.89. The van der Waals surface area contributed by atoms with Crippen LogP contribution in [0, 0.1) is 0 Å². The van der Waals surface area contributed by atoms with Crippen molar-refractivity contribution in [2.75, 3.05) is 0 Å². The minimum Gasteiger partial charge on any atom is -0.374 e. The molecule has 1 atom stereocenters. The molecule has 0 fully saturated rings. The topological polar surface area (TPSA) is 75.3 Å². The summed E-state index contributed by atoms with van der Waals surface area (Å²) in [6.45, 7) is 1.90. The van der Waals surface area contributed by atoms with Gasteiger partial charge in [0, 0.05) is 17.2 Å². The van der Waals surface area contributed by atoms with E-state index >= 15 is 0 Å². The van der Waals surface area contributed by atoms with Gasteiger partial charge >= 0.3 is 0 Å². The van der Waals surface area contributed by atoms with Gasteiger partial charge in [-0.3, -0.25) is 14.4 Å². The first-order chi connectivity index (χ1) is 14.1. The second-order valence-electron chi connectivity index (χ2n) is 6.66. The first kappa shape index (κ1) is 18.8. The molecule has 1 aliphatic carbocycles. The van der Waals surface area contributed by atoms with E-state index in [0.29, 0.717) is 10.4 Å². The number of Topliss-reactive ketones (excluding diaryl/α,β-unsaturated/α-hetero) is 2. The monoisotopic (exact) mass is 402 g/mol. The summed E-state index contributed by atoms with van der Waals surface area (Å²) < 4.78 is 0. The molecule has 0 aliphatic heterocycles. The molecule has 0 spiro atoms. The number of hydrogen-bond donors (Lipinski definition) is 2. The van der Waals surface area contributed by atoms with Gasteiger partial charge < -0.3 is 10.6 Å². The average molecular weight is 402 g/mol. The van der Waals surface area contributed by atoms with Crippen LogP contribution in [0.4, 0.5) is 0 Å². The molecule has 4 rings (SSSR count). The molecule has 1 aromatic heterocycles. The highest BCUT2D eigenvalue weighted by molar-refractivity contribution is 7.12. The van der Waals surface area contributed by atoms with E-state index in [0.717, 1.165) is 5.56 Å². The fraction of sp³-hybridized carbons (Fsp3) is 0.0870. The smallest absolute Gasteiger partial charge is 0.265 e. The van der Waals surface area contributed by atoms with Crippen molar-refractivity contribution in [3.8, 4) is 0 Å². The number of allylic oxidation sites excluding steroid dienone is 2. The van der Waals surface area contributed by atoms with Crippen LogP contribution < -0.4 is 10.6 Å². The van der Waals surface area contributed by atoms with Crippen molar-refractivity contribution < 1.29 is 14.4 Å². The standard InChI is InChI=1S/C23H18N2O3S/c1-14(15-8-3-2-4-9-15)24-19-20(25-23(28)18-12-7-13-29-18)22(27)17-11-6-5-10-16(17)21(19)26/h2-14,24H,1H3,(H,25,28). The highest BCUT2D eigenvalue weighted by Gasteiger charge is 2.34. The molecule has 0 bridgehead atoms. The summed E-state index contributed by atoms with van der Waals surface area (Å²) in [7, 11) is 0. The number of nitrogens with one attached hydrogen (secondary N) is 2. The molecule has 0 radical (unpaired) electrons. The first-order valence-electron chi connectivity index (χ1n) is 9.15. The van der Waals surface area contributed by atoms with Gasteiger partial charge in [-0.1, -0.05) is 60.7 Å². The van der Waals surface area contributed by atoms with Crippen LogP contribution in [0.5, 0.6) is 0 Å². The lowest BCUT2D eigenvalue weighted by Gasteiger charge is -2.25. The van der Waals surface area contributed by atoms with E-state index < -0.39 is 5.91 Å². The fourth-order valence-electron chi connectivity index (χ4n) is 3.26. The van der Waals surface area contributed by atoms with Gasteiger partial charge in [0.25, 0.3) is 5.91 Å². The minimum atomic E-state index is -0.415. The molecular formula is C23H18N2O3S. The number of ketones is 2. The quantitative estimate of drug-likeness (QED) is 0.673. The molecule has 1 amide bonds. The largest absolute Gasteiger partial charge is 0.374 e. The molecule has 29 heavy (non-hydrogen) atoms. The third kappa shape index (κ3) is 3.62. The second kappa shape index (κ2) is 7.85. The molecule has 144 valence electrons. The van der Waals surface area contributed by atoms with Crippen LogP contribution in [0.15, 0.2) is 83.5 Å². The van der Waals surface area contributed by atoms with Gasteiger partial charge in [-0.25, -0.2) is 0 Å². The number of fused-ring (bicyclic) bond motifs is 1. The minimum absolute atomic E-state index is 0.0186. The van der Waals surface area contributed by atoms with Gasteiger partial charge in [-0.15, -0.1) is 11.3 Å². The molecule has 6 heteroatoms. The summed E-state index contributed by atoms with van der Waals surface area (Å²) in [6, 6.07) is 19.4. The Labute approximate surface area is 172 Å². The van der Waals surface area contributed by atoms with Gasteiger partial charge in [-0.2, -0.15) is 0 Å². The van der Waals surface area contributed by atoms with Crippen LogP contribution in [0.3, 0.4) is 0 Å². The van der Waals surface area contributed by atoms with Crippen LogP contribution in [-0.4, -0.2) is 17.5 Å². The normalized spacial score (nSPS) is 14.4. The Balaban J connectivity index is 1.75. The summed E-state index contributed by atoms with van der Waals surface area (Å²) >= 11 is 1.27. The Kier molecular flexibility index (Phi) is 5.10. The van der Waals surface area contributed by atoms with Crippen molar-refractivity contribution in [1.82, 2.24) is 10.6 Å². The molecule has 5 nitrogen and oxygen atoms in total. The third-order valence-electron chi connectivity index (χ3n) is 4.76. The fourth-order valence-corrected chi connectivity index (χ4v) is 3.88. The highest BCUT2D eigenvalue weighted by Crippen LogP contribution is 2.26. The summed E-state index contributed by atoms with van der Waals surface area (Å²) in [4.78, 5) is 39.4. The third-order valence-corrected chi connectivity index (χ3v) is 5.63. The van der Waals surface area contributed by atoms with E-state index in [1.807, 2.05) is 37.3 Å². The molecule has 3 aromatic rings. The van der Waals surface area contributed by atoms with Gasteiger partial charge in [0.2, 0.25) is 11.6 Å². The maximum atomic E-state index is 13.2. The number of rotatable bonds is 5. The zero-order chi connectivity index (χ0) is 20.4.